The molecule has 0 unspecified atom stereocenters. The van der Waals surface area contributed by atoms with Crippen molar-refractivity contribution < 1.29 is 4.79 Å². The normalized spacial score (nSPS) is 15.4. The number of carbonyl (C=O) groups excluding carboxylic acids is 1. The minimum absolute atomic E-state index is 0.215. The molecule has 2 N–H and O–H groups in total. The van der Waals surface area contributed by atoms with E-state index in [2.05, 4.69) is 20.7 Å². The van der Waals surface area contributed by atoms with Crippen molar-refractivity contribution in [3.8, 4) is 0 Å². The summed E-state index contributed by atoms with van der Waals surface area (Å²) in [5.74, 6) is -0.215. The molecule has 7 heteroatoms. The molecule has 0 spiro atoms. The van der Waals surface area contributed by atoms with Crippen molar-refractivity contribution in [2.45, 2.75) is 18.9 Å². The lowest BCUT2D eigenvalue weighted by Gasteiger charge is -2.22. The molecule has 3 aromatic rings. The fraction of sp³-hybridized carbons (Fsp3) is 0.250. The van der Waals surface area contributed by atoms with E-state index in [9.17, 15) is 4.79 Å². The first-order valence-corrected chi connectivity index (χ1v) is 9.35. The second kappa shape index (κ2) is 7.90. The highest BCUT2D eigenvalue weighted by atomic mass is 35.5. The first-order valence-electron chi connectivity index (χ1n) is 8.98. The third-order valence-corrected chi connectivity index (χ3v) is 4.87. The van der Waals surface area contributed by atoms with Crippen LogP contribution >= 0.6 is 11.6 Å². The quantitative estimate of drug-likeness (QED) is 0.676. The van der Waals surface area contributed by atoms with Crippen LogP contribution in [0.25, 0.3) is 17.0 Å². The molecular weight excluding hydrogens is 362 g/mol. The Morgan fingerprint density at radius 2 is 2.07 bits per heavy atom. The minimum atomic E-state index is -0.215. The number of rotatable bonds is 4. The number of anilines is 1. The van der Waals surface area contributed by atoms with Gasteiger partial charge in [0.2, 0.25) is 5.91 Å². The number of nitrogens with one attached hydrogen (secondary N) is 2. The maximum atomic E-state index is 12.2. The Labute approximate surface area is 162 Å². The van der Waals surface area contributed by atoms with Crippen LogP contribution in [0, 0.1) is 0 Å². The zero-order valence-corrected chi connectivity index (χ0v) is 15.5. The lowest BCUT2D eigenvalue weighted by Crippen LogP contribution is -2.29. The van der Waals surface area contributed by atoms with E-state index in [-0.39, 0.29) is 5.91 Å². The molecule has 1 amide bonds. The van der Waals surface area contributed by atoms with E-state index in [4.69, 9.17) is 11.6 Å². The maximum absolute atomic E-state index is 12.2. The van der Waals surface area contributed by atoms with Gasteiger partial charge in [-0.2, -0.15) is 5.10 Å². The van der Waals surface area contributed by atoms with E-state index in [1.54, 1.807) is 12.3 Å². The molecule has 0 saturated carbocycles. The summed E-state index contributed by atoms with van der Waals surface area (Å²) in [4.78, 5) is 16.7. The van der Waals surface area contributed by atoms with E-state index in [0.717, 1.165) is 36.8 Å². The van der Waals surface area contributed by atoms with Crippen LogP contribution in [-0.2, 0) is 4.79 Å². The topological polar surface area (TPSA) is 71.8 Å². The van der Waals surface area contributed by atoms with Crippen LogP contribution in [0.1, 0.15) is 24.6 Å². The van der Waals surface area contributed by atoms with Crippen molar-refractivity contribution in [1.29, 1.82) is 0 Å². The first-order chi connectivity index (χ1) is 13.2. The number of pyridine rings is 1. The van der Waals surface area contributed by atoms with E-state index >= 15 is 0 Å². The van der Waals surface area contributed by atoms with Gasteiger partial charge in [0.05, 0.1) is 29.1 Å². The maximum Gasteiger partial charge on any atom is 0.248 e. The van der Waals surface area contributed by atoms with Gasteiger partial charge in [-0.3, -0.25) is 9.48 Å². The molecule has 2 aromatic heterocycles. The predicted molar refractivity (Wildman–Crippen MR) is 108 cm³/mol. The summed E-state index contributed by atoms with van der Waals surface area (Å²) in [6, 6.07) is 9.78. The van der Waals surface area contributed by atoms with Gasteiger partial charge in [-0.1, -0.05) is 23.7 Å². The highest BCUT2D eigenvalue weighted by Gasteiger charge is 2.15. The highest BCUT2D eigenvalue weighted by Crippen LogP contribution is 2.20. The second-order valence-corrected chi connectivity index (χ2v) is 7.02. The number of hydrogen-bond donors (Lipinski definition) is 2. The molecule has 0 atom stereocenters. The Kier molecular flexibility index (Phi) is 5.18. The second-order valence-electron chi connectivity index (χ2n) is 6.59. The molecule has 1 aromatic carbocycles. The molecular formula is C20H20ClN5O. The SMILES string of the molecule is O=C(/C=C/c1ccc2ccc(Cl)cc2n1)Nc1cnn(C2CCNCC2)c1. The standard InChI is InChI=1S/C20H20ClN5O/c21-15-3-1-14-2-4-16(24-19(14)11-15)5-6-20(27)25-17-12-23-26(13-17)18-7-9-22-10-8-18/h1-6,11-13,18,22H,7-10H2,(H,25,27)/b6-5+. The van der Waals surface area contributed by atoms with Crippen molar-refractivity contribution in [2.75, 3.05) is 18.4 Å². The lowest BCUT2D eigenvalue weighted by atomic mass is 10.1. The average Bonchev–Trinajstić information content (AvgIpc) is 3.15. The van der Waals surface area contributed by atoms with E-state index in [1.807, 2.05) is 41.2 Å². The number of fused-ring (bicyclic) bond motifs is 1. The van der Waals surface area contributed by atoms with Gasteiger partial charge in [0.15, 0.2) is 0 Å². The molecule has 138 valence electrons. The summed E-state index contributed by atoms with van der Waals surface area (Å²) < 4.78 is 1.94. The number of nitrogens with zero attached hydrogens (tertiary/aromatic N) is 3. The summed E-state index contributed by atoms with van der Waals surface area (Å²) in [5, 5.41) is 12.2. The molecule has 1 fully saturated rings. The van der Waals surface area contributed by atoms with E-state index in [1.165, 1.54) is 6.08 Å². The molecule has 4 rings (SSSR count). The minimum Gasteiger partial charge on any atom is -0.320 e. The smallest absolute Gasteiger partial charge is 0.248 e. The molecule has 6 nitrogen and oxygen atoms in total. The molecule has 0 radical (unpaired) electrons. The Morgan fingerprint density at radius 1 is 1.26 bits per heavy atom. The lowest BCUT2D eigenvalue weighted by molar-refractivity contribution is -0.111. The van der Waals surface area contributed by atoms with Crippen LogP contribution in [-0.4, -0.2) is 33.8 Å². The van der Waals surface area contributed by atoms with Crippen molar-refractivity contribution in [3.63, 3.8) is 0 Å². The third-order valence-electron chi connectivity index (χ3n) is 4.63. The Balaban J connectivity index is 1.41. The Morgan fingerprint density at radius 3 is 2.93 bits per heavy atom. The van der Waals surface area contributed by atoms with Gasteiger partial charge in [-0.15, -0.1) is 0 Å². The van der Waals surface area contributed by atoms with Crippen molar-refractivity contribution >= 4 is 40.2 Å². The van der Waals surface area contributed by atoms with Crippen LogP contribution in [0.2, 0.25) is 5.02 Å². The summed E-state index contributed by atoms with van der Waals surface area (Å²) in [6.07, 6.45) is 8.83. The van der Waals surface area contributed by atoms with Gasteiger partial charge in [-0.05, 0) is 50.2 Å². The fourth-order valence-corrected chi connectivity index (χ4v) is 3.38. The van der Waals surface area contributed by atoms with Gasteiger partial charge in [0.25, 0.3) is 0 Å². The van der Waals surface area contributed by atoms with Crippen molar-refractivity contribution in [3.05, 3.63) is 59.5 Å². The van der Waals surface area contributed by atoms with Crippen LogP contribution in [0.3, 0.4) is 0 Å². The van der Waals surface area contributed by atoms with Crippen LogP contribution in [0.4, 0.5) is 5.69 Å². The molecule has 1 aliphatic rings. The molecule has 1 saturated heterocycles. The van der Waals surface area contributed by atoms with Crippen molar-refractivity contribution in [1.82, 2.24) is 20.1 Å². The number of carbonyl (C=O) groups is 1. The molecule has 1 aliphatic heterocycles. The highest BCUT2D eigenvalue weighted by molar-refractivity contribution is 6.31. The van der Waals surface area contributed by atoms with Crippen LogP contribution < -0.4 is 10.6 Å². The molecule has 27 heavy (non-hydrogen) atoms. The monoisotopic (exact) mass is 381 g/mol. The zero-order valence-electron chi connectivity index (χ0n) is 14.7. The number of hydrogen-bond acceptors (Lipinski definition) is 4. The summed E-state index contributed by atoms with van der Waals surface area (Å²) >= 11 is 6.01. The molecule has 0 aliphatic carbocycles. The number of benzene rings is 1. The van der Waals surface area contributed by atoms with Crippen LogP contribution in [0.5, 0.6) is 0 Å². The fourth-order valence-electron chi connectivity index (χ4n) is 3.22. The number of amides is 1. The van der Waals surface area contributed by atoms with Crippen molar-refractivity contribution in [2.24, 2.45) is 0 Å². The van der Waals surface area contributed by atoms with Gasteiger partial charge in [0, 0.05) is 22.7 Å². The Hall–Kier alpha value is -2.70. The van der Waals surface area contributed by atoms with Gasteiger partial charge >= 0.3 is 0 Å². The summed E-state index contributed by atoms with van der Waals surface area (Å²) in [5.41, 5.74) is 2.19. The zero-order chi connectivity index (χ0) is 18.6. The molecule has 0 bridgehead atoms. The van der Waals surface area contributed by atoms with E-state index in [0.29, 0.717) is 22.4 Å². The Bertz CT molecular complexity index is 991. The predicted octanol–water partition coefficient (Wildman–Crippen LogP) is 3.66. The van der Waals surface area contributed by atoms with Gasteiger partial charge in [-0.25, -0.2) is 4.98 Å². The number of piperidine rings is 1. The number of aromatic nitrogens is 3. The molecule has 3 heterocycles. The third kappa shape index (κ3) is 4.35. The largest absolute Gasteiger partial charge is 0.320 e. The van der Waals surface area contributed by atoms with E-state index < -0.39 is 0 Å². The van der Waals surface area contributed by atoms with Crippen LogP contribution in [0.15, 0.2) is 48.8 Å². The summed E-state index contributed by atoms with van der Waals surface area (Å²) in [6.45, 7) is 2.00. The van der Waals surface area contributed by atoms with Gasteiger partial charge < -0.3 is 10.6 Å². The average molecular weight is 382 g/mol. The van der Waals surface area contributed by atoms with Gasteiger partial charge in [0.1, 0.15) is 0 Å². The first kappa shape index (κ1) is 17.7. The summed E-state index contributed by atoms with van der Waals surface area (Å²) in [7, 11) is 0. The number of halogens is 1.